The number of aliphatic carboxylic acids is 1. The number of aromatic amines is 1. The van der Waals surface area contributed by atoms with Gasteiger partial charge in [0.1, 0.15) is 12.1 Å². The van der Waals surface area contributed by atoms with Crippen molar-refractivity contribution in [3.05, 3.63) is 36.0 Å². The molecule has 0 aliphatic carbocycles. The fourth-order valence-electron chi connectivity index (χ4n) is 4.10. The third-order valence-electron chi connectivity index (χ3n) is 7.13. The molecule has 0 radical (unpaired) electrons. The van der Waals surface area contributed by atoms with Crippen molar-refractivity contribution in [2.45, 2.75) is 84.2 Å². The first-order valence-electron chi connectivity index (χ1n) is 13.0. The molecule has 1 heterocycles. The third-order valence-corrected chi connectivity index (χ3v) is 7.13. The molecule has 8 N–H and O–H groups in total. The monoisotopic (exact) mass is 531 g/mol. The molecule has 0 fully saturated rings. The van der Waals surface area contributed by atoms with Gasteiger partial charge >= 0.3 is 5.97 Å². The van der Waals surface area contributed by atoms with Gasteiger partial charge in [-0.15, -0.1) is 0 Å². The maximum absolute atomic E-state index is 13.5. The molecule has 0 aliphatic heterocycles. The Morgan fingerprint density at radius 2 is 1.50 bits per heavy atom. The number of rotatable bonds is 14. The number of fused-ring (bicyclic) bond motifs is 1. The van der Waals surface area contributed by atoms with Crippen LogP contribution in [0.2, 0.25) is 0 Å². The Bertz CT molecular complexity index is 1120. The van der Waals surface area contributed by atoms with E-state index in [9.17, 15) is 29.4 Å². The van der Waals surface area contributed by atoms with Gasteiger partial charge in [-0.3, -0.25) is 14.4 Å². The molecular formula is C27H41N5O6. The summed E-state index contributed by atoms with van der Waals surface area (Å²) in [4.78, 5) is 54.3. The van der Waals surface area contributed by atoms with Crippen molar-refractivity contribution in [3.63, 3.8) is 0 Å². The van der Waals surface area contributed by atoms with Crippen molar-refractivity contribution < 1.29 is 29.4 Å². The molecule has 2 aromatic rings. The van der Waals surface area contributed by atoms with Crippen molar-refractivity contribution in [1.29, 1.82) is 0 Å². The second kappa shape index (κ2) is 13.9. The summed E-state index contributed by atoms with van der Waals surface area (Å²) in [5, 5.41) is 27.9. The fourth-order valence-corrected chi connectivity index (χ4v) is 4.10. The minimum absolute atomic E-state index is 0.0429. The van der Waals surface area contributed by atoms with E-state index in [1.807, 2.05) is 52.0 Å². The lowest BCUT2D eigenvalue weighted by molar-refractivity contribution is -0.145. The first-order valence-corrected chi connectivity index (χ1v) is 13.0. The number of H-pyrrole nitrogens is 1. The van der Waals surface area contributed by atoms with Crippen molar-refractivity contribution in [2.75, 3.05) is 0 Å². The zero-order chi connectivity index (χ0) is 28.6. The molecule has 2 rings (SSSR count). The standard InChI is InChI=1S/C27H41N5O6/c1-6-14(3)21(28)25(35)31-22(15(4)7-2)26(36)30-20(24(34)32-23(16(5)33)27(37)38)12-17-13-29-19-11-9-8-10-18(17)19/h8-11,13-16,20-23,29,33H,6-7,12,28H2,1-5H3,(H,30,36)(H,31,35)(H,32,34)(H,37,38). The van der Waals surface area contributed by atoms with Crippen molar-refractivity contribution in [3.8, 4) is 0 Å². The average molecular weight is 532 g/mol. The largest absolute Gasteiger partial charge is 0.480 e. The predicted molar refractivity (Wildman–Crippen MR) is 144 cm³/mol. The van der Waals surface area contributed by atoms with Gasteiger partial charge in [0.05, 0.1) is 12.1 Å². The number of carbonyl (C=O) groups is 4. The Hall–Kier alpha value is -3.44. The summed E-state index contributed by atoms with van der Waals surface area (Å²) in [7, 11) is 0. The zero-order valence-corrected chi connectivity index (χ0v) is 22.7. The molecule has 11 nitrogen and oxygen atoms in total. The maximum Gasteiger partial charge on any atom is 0.328 e. The normalized spacial score (nSPS) is 16.9. The highest BCUT2D eigenvalue weighted by Gasteiger charge is 2.34. The molecule has 0 saturated heterocycles. The average Bonchev–Trinajstić information content (AvgIpc) is 3.30. The van der Waals surface area contributed by atoms with Gasteiger partial charge in [0.25, 0.3) is 0 Å². The molecular weight excluding hydrogens is 490 g/mol. The molecule has 0 spiro atoms. The van der Waals surface area contributed by atoms with Gasteiger partial charge in [0, 0.05) is 23.5 Å². The van der Waals surface area contributed by atoms with Gasteiger partial charge < -0.3 is 36.9 Å². The van der Waals surface area contributed by atoms with Gasteiger partial charge in [-0.1, -0.05) is 58.7 Å². The van der Waals surface area contributed by atoms with Crippen LogP contribution >= 0.6 is 0 Å². The highest BCUT2D eigenvalue weighted by molar-refractivity contribution is 5.95. The van der Waals surface area contributed by atoms with E-state index in [0.29, 0.717) is 12.8 Å². The van der Waals surface area contributed by atoms with Crippen LogP contribution in [-0.4, -0.2) is 69.2 Å². The minimum atomic E-state index is -1.57. The maximum atomic E-state index is 13.5. The quantitative estimate of drug-likeness (QED) is 0.190. The summed E-state index contributed by atoms with van der Waals surface area (Å²) in [5.41, 5.74) is 7.64. The number of carboxylic acid groups (broad SMARTS) is 1. The second-order valence-corrected chi connectivity index (χ2v) is 9.97. The molecule has 1 aromatic heterocycles. The van der Waals surface area contributed by atoms with Crippen LogP contribution in [0.5, 0.6) is 0 Å². The zero-order valence-electron chi connectivity index (χ0n) is 22.7. The first kappa shape index (κ1) is 30.8. The molecule has 0 saturated carbocycles. The van der Waals surface area contributed by atoms with E-state index in [1.165, 1.54) is 6.92 Å². The number of hydrogen-bond acceptors (Lipinski definition) is 6. The molecule has 3 amide bonds. The van der Waals surface area contributed by atoms with Crippen molar-refractivity contribution in [2.24, 2.45) is 17.6 Å². The second-order valence-electron chi connectivity index (χ2n) is 9.97. The number of nitrogens with one attached hydrogen (secondary N) is 4. The van der Waals surface area contributed by atoms with E-state index in [2.05, 4.69) is 20.9 Å². The summed E-state index contributed by atoms with van der Waals surface area (Å²) < 4.78 is 0. The molecule has 7 atom stereocenters. The lowest BCUT2D eigenvalue weighted by Gasteiger charge is -2.29. The SMILES string of the molecule is CCC(C)C(N)C(=O)NC(C(=O)NC(Cc1c[nH]c2ccccc12)C(=O)NC(C(=O)O)C(C)O)C(C)CC. The highest BCUT2D eigenvalue weighted by Crippen LogP contribution is 2.20. The molecule has 38 heavy (non-hydrogen) atoms. The van der Waals surface area contributed by atoms with E-state index < -0.39 is 54.0 Å². The summed E-state index contributed by atoms with van der Waals surface area (Å²) in [6, 6.07) is 2.92. The first-order chi connectivity index (χ1) is 17.9. The Morgan fingerprint density at radius 1 is 0.895 bits per heavy atom. The molecule has 1 aromatic carbocycles. The molecule has 11 heteroatoms. The molecule has 210 valence electrons. The van der Waals surface area contributed by atoms with Crippen LogP contribution in [0.4, 0.5) is 0 Å². The van der Waals surface area contributed by atoms with Gasteiger partial charge in [-0.25, -0.2) is 4.79 Å². The number of carbonyl (C=O) groups excluding carboxylic acids is 3. The summed E-state index contributed by atoms with van der Waals surface area (Å²) in [5.74, 6) is -3.60. The topological polar surface area (TPSA) is 187 Å². The lowest BCUT2D eigenvalue weighted by atomic mass is 9.95. The van der Waals surface area contributed by atoms with Crippen LogP contribution in [0.3, 0.4) is 0 Å². The van der Waals surface area contributed by atoms with E-state index in [0.717, 1.165) is 16.5 Å². The Morgan fingerprint density at radius 3 is 2.08 bits per heavy atom. The Kier molecular flexibility index (Phi) is 11.3. The number of aliphatic hydroxyl groups excluding tert-OH is 1. The van der Waals surface area contributed by atoms with Crippen LogP contribution < -0.4 is 21.7 Å². The number of para-hydroxylation sites is 1. The van der Waals surface area contributed by atoms with Crippen LogP contribution in [0.15, 0.2) is 30.5 Å². The van der Waals surface area contributed by atoms with Gasteiger partial charge in [-0.2, -0.15) is 0 Å². The van der Waals surface area contributed by atoms with Crippen LogP contribution in [0, 0.1) is 11.8 Å². The number of aromatic nitrogens is 1. The summed E-state index contributed by atoms with van der Waals surface area (Å²) in [6.45, 7) is 8.71. The van der Waals surface area contributed by atoms with Gasteiger partial charge in [0.15, 0.2) is 6.04 Å². The van der Waals surface area contributed by atoms with E-state index in [-0.39, 0.29) is 18.3 Å². The number of carboxylic acids is 1. The summed E-state index contributed by atoms with van der Waals surface area (Å²) >= 11 is 0. The number of aliphatic hydroxyl groups is 1. The molecule has 0 bridgehead atoms. The van der Waals surface area contributed by atoms with E-state index in [4.69, 9.17) is 5.73 Å². The third kappa shape index (κ3) is 7.78. The highest BCUT2D eigenvalue weighted by atomic mass is 16.4. The predicted octanol–water partition coefficient (Wildman–Crippen LogP) is 1.05. The van der Waals surface area contributed by atoms with Gasteiger partial charge in [0.2, 0.25) is 17.7 Å². The van der Waals surface area contributed by atoms with Crippen LogP contribution in [0.25, 0.3) is 10.9 Å². The Labute approximate surface area is 222 Å². The lowest BCUT2D eigenvalue weighted by Crippen LogP contribution is -2.60. The smallest absolute Gasteiger partial charge is 0.328 e. The van der Waals surface area contributed by atoms with Crippen molar-refractivity contribution in [1.82, 2.24) is 20.9 Å². The van der Waals surface area contributed by atoms with Crippen LogP contribution in [0.1, 0.15) is 53.0 Å². The van der Waals surface area contributed by atoms with Crippen LogP contribution in [-0.2, 0) is 25.6 Å². The van der Waals surface area contributed by atoms with Crippen molar-refractivity contribution >= 4 is 34.6 Å². The summed E-state index contributed by atoms with van der Waals surface area (Å²) in [6.07, 6.45) is 1.66. The number of amides is 3. The number of benzene rings is 1. The molecule has 0 aliphatic rings. The van der Waals surface area contributed by atoms with Gasteiger partial charge in [-0.05, 0) is 30.4 Å². The number of hydrogen-bond donors (Lipinski definition) is 7. The molecule has 7 unspecified atom stereocenters. The minimum Gasteiger partial charge on any atom is -0.480 e. The fraction of sp³-hybridized carbons (Fsp3) is 0.556. The van der Waals surface area contributed by atoms with E-state index in [1.54, 1.807) is 6.20 Å². The van der Waals surface area contributed by atoms with E-state index >= 15 is 0 Å². The number of nitrogens with two attached hydrogens (primary N) is 1. The Balaban J connectivity index is 2.35.